The summed E-state index contributed by atoms with van der Waals surface area (Å²) in [6, 6.07) is 7.24. The van der Waals surface area contributed by atoms with E-state index in [2.05, 4.69) is 0 Å². The monoisotopic (exact) mass is 410 g/mol. The largest absolute Gasteiger partial charge is 0.456 e. The van der Waals surface area contributed by atoms with E-state index >= 15 is 0 Å². The molecule has 0 unspecified atom stereocenters. The first-order valence-electron chi connectivity index (χ1n) is 9.02. The predicted molar refractivity (Wildman–Crippen MR) is 104 cm³/mol. The van der Waals surface area contributed by atoms with E-state index in [1.807, 2.05) is 19.9 Å². The maximum atomic E-state index is 12.5. The second-order valence-electron chi connectivity index (χ2n) is 6.99. The molecule has 1 aliphatic heterocycles. The lowest BCUT2D eigenvalue weighted by Gasteiger charge is -2.13. The Morgan fingerprint density at radius 1 is 1.03 bits per heavy atom. The molecule has 154 valence electrons. The molecule has 0 aromatic heterocycles. The molecule has 0 saturated carbocycles. The van der Waals surface area contributed by atoms with Gasteiger partial charge in [-0.1, -0.05) is 12.1 Å². The van der Waals surface area contributed by atoms with Gasteiger partial charge in [-0.05, 0) is 49.6 Å². The number of carbonyl (C=O) groups excluding carboxylic acids is 4. The van der Waals surface area contributed by atoms with Crippen LogP contribution in [0.4, 0.5) is 5.69 Å². The quantitative estimate of drug-likeness (QED) is 0.236. The van der Waals surface area contributed by atoms with Crippen molar-refractivity contribution in [1.29, 1.82) is 0 Å². The topological polar surface area (TPSA) is 124 Å². The Morgan fingerprint density at radius 2 is 1.70 bits per heavy atom. The molecular weight excluding hydrogens is 392 g/mol. The summed E-state index contributed by atoms with van der Waals surface area (Å²) in [6.07, 6.45) is 0. The third-order valence-corrected chi connectivity index (χ3v) is 4.97. The average Bonchev–Trinajstić information content (AvgIpc) is 2.93. The number of hydrogen-bond donors (Lipinski definition) is 0. The van der Waals surface area contributed by atoms with Crippen molar-refractivity contribution in [2.24, 2.45) is 0 Å². The van der Waals surface area contributed by atoms with Crippen molar-refractivity contribution in [3.05, 3.63) is 73.8 Å². The molecule has 0 radical (unpaired) electrons. The number of benzene rings is 2. The van der Waals surface area contributed by atoms with Crippen molar-refractivity contribution in [3.63, 3.8) is 0 Å². The zero-order valence-corrected chi connectivity index (χ0v) is 16.6. The number of esters is 1. The molecule has 0 spiro atoms. The summed E-state index contributed by atoms with van der Waals surface area (Å²) >= 11 is 0. The SMILES string of the molecule is Cc1cc(C)c(C(=O)COC(=O)CN2C(=O)c3cccc([N+](=O)[O-])c3C2=O)cc1C. The number of rotatable bonds is 6. The summed E-state index contributed by atoms with van der Waals surface area (Å²) in [5, 5.41) is 11.1. The minimum Gasteiger partial charge on any atom is -0.456 e. The Hall–Kier alpha value is -3.88. The highest BCUT2D eigenvalue weighted by Crippen LogP contribution is 2.30. The zero-order valence-electron chi connectivity index (χ0n) is 16.6. The number of fused-ring (bicyclic) bond motifs is 1. The van der Waals surface area contributed by atoms with Crippen LogP contribution in [0.5, 0.6) is 0 Å². The van der Waals surface area contributed by atoms with E-state index in [9.17, 15) is 29.3 Å². The molecule has 9 nitrogen and oxygen atoms in total. The summed E-state index contributed by atoms with van der Waals surface area (Å²) in [7, 11) is 0. The number of hydrogen-bond acceptors (Lipinski definition) is 7. The molecule has 1 aliphatic rings. The fourth-order valence-electron chi connectivity index (χ4n) is 3.27. The minimum atomic E-state index is -0.970. The fourth-order valence-corrected chi connectivity index (χ4v) is 3.27. The number of nitro groups is 1. The van der Waals surface area contributed by atoms with E-state index < -0.39 is 47.3 Å². The molecule has 2 aromatic carbocycles. The van der Waals surface area contributed by atoms with E-state index in [0.717, 1.165) is 22.8 Å². The minimum absolute atomic E-state index is 0.149. The van der Waals surface area contributed by atoms with Crippen LogP contribution in [0.1, 0.15) is 47.8 Å². The van der Waals surface area contributed by atoms with Crippen molar-refractivity contribution in [2.75, 3.05) is 13.2 Å². The number of amides is 2. The number of Topliss-reactive ketones (excluding diaryl/α,β-unsaturated/α-hetero) is 1. The highest BCUT2D eigenvalue weighted by atomic mass is 16.6. The van der Waals surface area contributed by atoms with Crippen LogP contribution in [0, 0.1) is 30.9 Å². The second-order valence-corrected chi connectivity index (χ2v) is 6.99. The molecule has 2 aromatic rings. The first-order chi connectivity index (χ1) is 14.1. The van der Waals surface area contributed by atoms with Crippen LogP contribution < -0.4 is 0 Å². The number of imide groups is 1. The van der Waals surface area contributed by atoms with E-state index in [4.69, 9.17) is 4.74 Å². The molecule has 9 heteroatoms. The van der Waals surface area contributed by atoms with Gasteiger partial charge in [-0.15, -0.1) is 0 Å². The van der Waals surface area contributed by atoms with Crippen LogP contribution in [0.2, 0.25) is 0 Å². The molecule has 0 N–H and O–H groups in total. The molecule has 2 amide bonds. The summed E-state index contributed by atoms with van der Waals surface area (Å²) in [4.78, 5) is 60.3. The number of aryl methyl sites for hydroxylation is 3. The van der Waals surface area contributed by atoms with Gasteiger partial charge in [-0.3, -0.25) is 34.2 Å². The van der Waals surface area contributed by atoms with Gasteiger partial charge in [0.25, 0.3) is 17.5 Å². The second kappa shape index (κ2) is 7.86. The lowest BCUT2D eigenvalue weighted by atomic mass is 9.98. The van der Waals surface area contributed by atoms with E-state index in [-0.39, 0.29) is 11.1 Å². The Labute approximate surface area is 171 Å². The normalized spacial score (nSPS) is 12.7. The molecule has 3 rings (SSSR count). The first kappa shape index (κ1) is 20.8. The maximum absolute atomic E-state index is 12.5. The van der Waals surface area contributed by atoms with Crippen molar-refractivity contribution in [2.45, 2.75) is 20.8 Å². The van der Waals surface area contributed by atoms with E-state index in [0.29, 0.717) is 10.5 Å². The third-order valence-electron chi connectivity index (χ3n) is 4.97. The Balaban J connectivity index is 1.69. The number of carbonyl (C=O) groups is 4. The van der Waals surface area contributed by atoms with Crippen molar-refractivity contribution in [3.8, 4) is 0 Å². The number of nitro benzene ring substituents is 1. The molecule has 0 atom stereocenters. The van der Waals surface area contributed by atoms with Gasteiger partial charge >= 0.3 is 5.97 Å². The predicted octanol–water partition coefficient (Wildman–Crippen LogP) is 2.54. The van der Waals surface area contributed by atoms with Crippen LogP contribution in [0.3, 0.4) is 0 Å². The van der Waals surface area contributed by atoms with Crippen LogP contribution >= 0.6 is 0 Å². The van der Waals surface area contributed by atoms with E-state index in [1.54, 1.807) is 13.0 Å². The van der Waals surface area contributed by atoms with Gasteiger partial charge in [-0.25, -0.2) is 0 Å². The van der Waals surface area contributed by atoms with Gasteiger partial charge in [0.15, 0.2) is 6.61 Å². The number of ketones is 1. The molecule has 0 bridgehead atoms. The van der Waals surface area contributed by atoms with Crippen molar-refractivity contribution in [1.82, 2.24) is 4.90 Å². The van der Waals surface area contributed by atoms with E-state index in [1.165, 1.54) is 12.1 Å². The van der Waals surface area contributed by atoms with Gasteiger partial charge in [0.05, 0.1) is 10.5 Å². The van der Waals surface area contributed by atoms with Crippen molar-refractivity contribution < 1.29 is 28.8 Å². The number of ether oxygens (including phenoxy) is 1. The van der Waals surface area contributed by atoms with Gasteiger partial charge in [-0.2, -0.15) is 0 Å². The number of nitrogens with zero attached hydrogens (tertiary/aromatic N) is 2. The molecule has 1 heterocycles. The molecule has 0 aliphatic carbocycles. The lowest BCUT2D eigenvalue weighted by molar-refractivity contribution is -0.385. The lowest BCUT2D eigenvalue weighted by Crippen LogP contribution is -2.36. The first-order valence-corrected chi connectivity index (χ1v) is 9.02. The zero-order chi connectivity index (χ0) is 22.2. The van der Waals surface area contributed by atoms with Gasteiger partial charge in [0, 0.05) is 11.6 Å². The van der Waals surface area contributed by atoms with Crippen LogP contribution in [-0.4, -0.2) is 46.5 Å². The molecule has 0 fully saturated rings. The van der Waals surface area contributed by atoms with Crippen molar-refractivity contribution >= 4 is 29.3 Å². The fraction of sp³-hybridized carbons (Fsp3) is 0.238. The highest BCUT2D eigenvalue weighted by molar-refractivity contribution is 6.24. The summed E-state index contributed by atoms with van der Waals surface area (Å²) in [5.74, 6) is -3.16. The average molecular weight is 410 g/mol. The van der Waals surface area contributed by atoms with Gasteiger partial charge < -0.3 is 4.74 Å². The Bertz CT molecular complexity index is 1120. The van der Waals surface area contributed by atoms with Gasteiger partial charge in [0.2, 0.25) is 5.78 Å². The van der Waals surface area contributed by atoms with Crippen LogP contribution in [0.25, 0.3) is 0 Å². The summed E-state index contributed by atoms with van der Waals surface area (Å²) < 4.78 is 4.95. The summed E-state index contributed by atoms with van der Waals surface area (Å²) in [5.41, 5.74) is 2.09. The summed E-state index contributed by atoms with van der Waals surface area (Å²) in [6.45, 7) is 4.25. The third kappa shape index (κ3) is 3.69. The van der Waals surface area contributed by atoms with Crippen LogP contribution in [-0.2, 0) is 9.53 Å². The van der Waals surface area contributed by atoms with Gasteiger partial charge in [0.1, 0.15) is 12.1 Å². The Kier molecular flexibility index (Phi) is 5.46. The Morgan fingerprint density at radius 3 is 2.37 bits per heavy atom. The smallest absolute Gasteiger partial charge is 0.326 e. The highest BCUT2D eigenvalue weighted by Gasteiger charge is 2.42. The molecular formula is C21H18N2O7. The van der Waals surface area contributed by atoms with Crippen LogP contribution in [0.15, 0.2) is 30.3 Å². The molecule has 30 heavy (non-hydrogen) atoms. The molecule has 0 saturated heterocycles. The standard InChI is InChI=1S/C21H18N2O7/c1-11-7-13(3)15(8-12(11)2)17(24)10-30-18(25)9-22-20(26)14-5-4-6-16(23(28)29)19(14)21(22)27/h4-8H,9-10H2,1-3H3. The maximum Gasteiger partial charge on any atom is 0.326 e.